The standard InChI is InChI=1S/C21H25FN2O5S/c1-14(2)10-11-23-20(25)13-29-21(26)17-6-4-5-7-18(17)24-30(27,28)19-9-8-16(22)12-15(19)3/h4-9,12,14,24H,10-11,13H2,1-3H3,(H,23,25). The number of anilines is 1. The molecule has 2 aromatic carbocycles. The Morgan fingerprint density at radius 1 is 1.13 bits per heavy atom. The van der Waals surface area contributed by atoms with Crippen LogP contribution in [0, 0.1) is 18.7 Å². The summed E-state index contributed by atoms with van der Waals surface area (Å²) in [5, 5.41) is 2.65. The van der Waals surface area contributed by atoms with E-state index in [1.165, 1.54) is 19.1 Å². The molecule has 0 aliphatic rings. The van der Waals surface area contributed by atoms with Crippen molar-refractivity contribution < 1.29 is 27.1 Å². The Bertz CT molecular complexity index is 1020. The summed E-state index contributed by atoms with van der Waals surface area (Å²) in [5.41, 5.74) is 0.169. The normalized spacial score (nSPS) is 11.2. The minimum atomic E-state index is -4.07. The zero-order valence-electron chi connectivity index (χ0n) is 17.1. The van der Waals surface area contributed by atoms with Gasteiger partial charge in [-0.2, -0.15) is 0 Å². The Labute approximate surface area is 175 Å². The molecule has 9 heteroatoms. The van der Waals surface area contributed by atoms with Crippen LogP contribution in [0.1, 0.15) is 36.2 Å². The van der Waals surface area contributed by atoms with E-state index in [0.717, 1.165) is 24.6 Å². The lowest BCUT2D eigenvalue weighted by Crippen LogP contribution is -2.30. The second-order valence-electron chi connectivity index (χ2n) is 7.17. The van der Waals surface area contributed by atoms with Crippen LogP contribution in [-0.4, -0.2) is 33.4 Å². The lowest BCUT2D eigenvalue weighted by molar-refractivity contribution is -0.124. The average molecular weight is 437 g/mol. The molecule has 2 N–H and O–H groups in total. The van der Waals surface area contributed by atoms with Crippen molar-refractivity contribution >= 4 is 27.6 Å². The number of hydrogen-bond acceptors (Lipinski definition) is 5. The number of amides is 1. The highest BCUT2D eigenvalue weighted by Crippen LogP contribution is 2.23. The van der Waals surface area contributed by atoms with Crippen molar-refractivity contribution in [3.8, 4) is 0 Å². The van der Waals surface area contributed by atoms with Gasteiger partial charge in [-0.1, -0.05) is 26.0 Å². The van der Waals surface area contributed by atoms with Gasteiger partial charge < -0.3 is 10.1 Å². The van der Waals surface area contributed by atoms with Crippen molar-refractivity contribution in [1.29, 1.82) is 0 Å². The summed E-state index contributed by atoms with van der Waals surface area (Å²) < 4.78 is 46.0. The molecule has 1 amide bonds. The topological polar surface area (TPSA) is 102 Å². The molecule has 2 rings (SSSR count). The fourth-order valence-electron chi connectivity index (χ4n) is 2.62. The molecule has 30 heavy (non-hydrogen) atoms. The number of ether oxygens (including phenoxy) is 1. The first kappa shape index (κ1) is 23.3. The molecule has 0 radical (unpaired) electrons. The summed E-state index contributed by atoms with van der Waals surface area (Å²) in [6.07, 6.45) is 0.799. The molecule has 0 heterocycles. The van der Waals surface area contributed by atoms with E-state index in [1.54, 1.807) is 12.1 Å². The first-order valence-electron chi connectivity index (χ1n) is 9.42. The van der Waals surface area contributed by atoms with Gasteiger partial charge in [0, 0.05) is 6.54 Å². The number of hydrogen-bond donors (Lipinski definition) is 2. The first-order chi connectivity index (χ1) is 14.1. The highest BCUT2D eigenvalue weighted by molar-refractivity contribution is 7.92. The number of para-hydroxylation sites is 1. The van der Waals surface area contributed by atoms with Crippen LogP contribution in [0.3, 0.4) is 0 Å². The SMILES string of the molecule is Cc1cc(F)ccc1S(=O)(=O)Nc1ccccc1C(=O)OCC(=O)NCCC(C)C. The predicted molar refractivity (Wildman–Crippen MR) is 111 cm³/mol. The smallest absolute Gasteiger partial charge is 0.340 e. The predicted octanol–water partition coefficient (Wildman–Crippen LogP) is 3.25. The highest BCUT2D eigenvalue weighted by Gasteiger charge is 2.21. The minimum absolute atomic E-state index is 0.00793. The van der Waals surface area contributed by atoms with Crippen LogP contribution in [0.15, 0.2) is 47.4 Å². The van der Waals surface area contributed by atoms with E-state index >= 15 is 0 Å². The molecule has 0 atom stereocenters. The second kappa shape index (κ2) is 10.2. The van der Waals surface area contributed by atoms with Crippen LogP contribution in [0.25, 0.3) is 0 Å². The Balaban J connectivity index is 2.10. The summed E-state index contributed by atoms with van der Waals surface area (Å²) in [6.45, 7) is 5.52. The number of nitrogens with one attached hydrogen (secondary N) is 2. The van der Waals surface area contributed by atoms with Crippen LogP contribution in [0.2, 0.25) is 0 Å². The molecule has 0 saturated carbocycles. The Morgan fingerprint density at radius 3 is 2.50 bits per heavy atom. The van der Waals surface area contributed by atoms with Crippen molar-refractivity contribution in [1.82, 2.24) is 5.32 Å². The molecular formula is C21H25FN2O5S. The third-order valence-corrected chi connectivity index (χ3v) is 5.72. The number of halogens is 1. The molecule has 0 fully saturated rings. The molecule has 7 nitrogen and oxygen atoms in total. The van der Waals surface area contributed by atoms with Crippen LogP contribution >= 0.6 is 0 Å². The lowest BCUT2D eigenvalue weighted by atomic mass is 10.1. The molecule has 162 valence electrons. The first-order valence-corrected chi connectivity index (χ1v) is 10.9. The van der Waals surface area contributed by atoms with Gasteiger partial charge in [-0.15, -0.1) is 0 Å². The third-order valence-electron chi connectivity index (χ3n) is 4.20. The summed E-state index contributed by atoms with van der Waals surface area (Å²) in [4.78, 5) is 24.1. The fraction of sp³-hybridized carbons (Fsp3) is 0.333. The highest BCUT2D eigenvalue weighted by atomic mass is 32.2. The van der Waals surface area contributed by atoms with E-state index < -0.39 is 34.3 Å². The molecule has 0 unspecified atom stereocenters. The number of carbonyl (C=O) groups excluding carboxylic acids is 2. The number of aryl methyl sites for hydroxylation is 1. The second-order valence-corrected chi connectivity index (χ2v) is 8.82. The van der Waals surface area contributed by atoms with E-state index in [-0.39, 0.29) is 21.7 Å². The number of esters is 1. The zero-order valence-corrected chi connectivity index (χ0v) is 17.9. The monoisotopic (exact) mass is 436 g/mol. The van der Waals surface area contributed by atoms with Gasteiger partial charge in [0.15, 0.2) is 6.61 Å². The molecule has 0 bridgehead atoms. The van der Waals surface area contributed by atoms with Crippen molar-refractivity contribution in [3.05, 3.63) is 59.4 Å². The van der Waals surface area contributed by atoms with Crippen LogP contribution < -0.4 is 10.0 Å². The zero-order chi connectivity index (χ0) is 22.3. The summed E-state index contributed by atoms with van der Waals surface area (Å²) in [7, 11) is -4.07. The number of rotatable bonds is 9. The van der Waals surface area contributed by atoms with Gasteiger partial charge in [0.25, 0.3) is 15.9 Å². The van der Waals surface area contributed by atoms with E-state index in [4.69, 9.17) is 4.74 Å². The van der Waals surface area contributed by atoms with Gasteiger partial charge in [0.1, 0.15) is 5.82 Å². The van der Waals surface area contributed by atoms with Gasteiger partial charge in [0.05, 0.1) is 16.1 Å². The molecule has 0 aliphatic carbocycles. The molecule has 0 saturated heterocycles. The van der Waals surface area contributed by atoms with Crippen molar-refractivity contribution in [2.24, 2.45) is 5.92 Å². The Morgan fingerprint density at radius 2 is 1.83 bits per heavy atom. The van der Waals surface area contributed by atoms with Gasteiger partial charge in [0.2, 0.25) is 0 Å². The molecule has 0 aliphatic heterocycles. The van der Waals surface area contributed by atoms with E-state index in [1.807, 2.05) is 13.8 Å². The van der Waals surface area contributed by atoms with Gasteiger partial charge in [-0.25, -0.2) is 17.6 Å². The van der Waals surface area contributed by atoms with Crippen molar-refractivity contribution in [2.45, 2.75) is 32.1 Å². The summed E-state index contributed by atoms with van der Waals surface area (Å²) in [6, 6.07) is 9.16. The van der Waals surface area contributed by atoms with Crippen LogP contribution in [0.4, 0.5) is 10.1 Å². The van der Waals surface area contributed by atoms with Crippen LogP contribution in [-0.2, 0) is 19.6 Å². The third kappa shape index (κ3) is 6.55. The Kier molecular flexibility index (Phi) is 7.93. The minimum Gasteiger partial charge on any atom is -0.452 e. The maximum absolute atomic E-state index is 13.3. The lowest BCUT2D eigenvalue weighted by Gasteiger charge is -2.14. The number of carbonyl (C=O) groups is 2. The number of benzene rings is 2. The maximum Gasteiger partial charge on any atom is 0.340 e. The quantitative estimate of drug-likeness (QED) is 0.588. The van der Waals surface area contributed by atoms with E-state index in [2.05, 4.69) is 10.0 Å². The van der Waals surface area contributed by atoms with Gasteiger partial charge in [-0.05, 0) is 55.2 Å². The Hall–Kier alpha value is -2.94. The molecular weight excluding hydrogens is 411 g/mol. The fourth-order valence-corrected chi connectivity index (χ4v) is 3.93. The van der Waals surface area contributed by atoms with Crippen molar-refractivity contribution in [3.63, 3.8) is 0 Å². The van der Waals surface area contributed by atoms with Gasteiger partial charge in [-0.3, -0.25) is 9.52 Å². The number of sulfonamides is 1. The largest absolute Gasteiger partial charge is 0.452 e. The maximum atomic E-state index is 13.3. The van der Waals surface area contributed by atoms with Gasteiger partial charge >= 0.3 is 5.97 Å². The van der Waals surface area contributed by atoms with Crippen molar-refractivity contribution in [2.75, 3.05) is 17.9 Å². The van der Waals surface area contributed by atoms with Crippen LogP contribution in [0.5, 0.6) is 0 Å². The molecule has 0 spiro atoms. The molecule has 0 aromatic heterocycles. The average Bonchev–Trinajstić information content (AvgIpc) is 2.65. The van der Waals surface area contributed by atoms with E-state index in [9.17, 15) is 22.4 Å². The molecule has 2 aromatic rings. The summed E-state index contributed by atoms with van der Waals surface area (Å²) in [5.74, 6) is -1.41. The van der Waals surface area contributed by atoms with E-state index in [0.29, 0.717) is 12.5 Å². The summed E-state index contributed by atoms with van der Waals surface area (Å²) >= 11 is 0.